The Labute approximate surface area is 239 Å². The molecular weight excluding hydrogens is 545 g/mol. The zero-order valence-corrected chi connectivity index (χ0v) is 22.4. The predicted molar refractivity (Wildman–Crippen MR) is 154 cm³/mol. The van der Waals surface area contributed by atoms with Crippen LogP contribution in [-0.2, 0) is 22.1 Å². The second kappa shape index (κ2) is 11.7. The monoisotopic (exact) mass is 570 g/mol. The summed E-state index contributed by atoms with van der Waals surface area (Å²) in [7, 11) is 1.23. The molecule has 5 aromatic rings. The van der Waals surface area contributed by atoms with Crippen molar-refractivity contribution in [3.63, 3.8) is 0 Å². The minimum atomic E-state index is -4.56. The molecule has 9 heteroatoms. The van der Waals surface area contributed by atoms with E-state index < -0.39 is 35.2 Å². The van der Waals surface area contributed by atoms with E-state index in [9.17, 15) is 27.6 Å². The van der Waals surface area contributed by atoms with Gasteiger partial charge in [-0.15, -0.1) is 0 Å². The maximum atomic E-state index is 13.8. The second-order valence-electron chi connectivity index (χ2n) is 9.64. The van der Waals surface area contributed by atoms with E-state index in [1.54, 1.807) is 6.20 Å². The first kappa shape index (κ1) is 28.4. The van der Waals surface area contributed by atoms with E-state index >= 15 is 0 Å². The third-order valence-corrected chi connectivity index (χ3v) is 6.95. The summed E-state index contributed by atoms with van der Waals surface area (Å²) in [5.74, 6) is -1.43. The molecule has 1 aromatic heterocycles. The van der Waals surface area contributed by atoms with E-state index in [1.807, 2.05) is 72.8 Å². The minimum absolute atomic E-state index is 0.0710. The first-order valence-electron chi connectivity index (χ1n) is 13.0. The standard InChI is InChI=1S/C33H25F3N2O4/c1-42-32(41)29(18-21-8-3-2-4-9-21)38-20-24(27-13-7-11-22-10-5-6-12-26(22)27)19-28(31(38)40)37-30(39)23-14-16-25(17-15-23)33(34,35)36/h2-17,19-20,29H,18H2,1H3,(H,37,39). The summed E-state index contributed by atoms with van der Waals surface area (Å²) < 4.78 is 45.4. The molecule has 0 aliphatic rings. The van der Waals surface area contributed by atoms with Crippen LogP contribution in [-0.4, -0.2) is 23.6 Å². The van der Waals surface area contributed by atoms with Crippen LogP contribution >= 0.6 is 0 Å². The van der Waals surface area contributed by atoms with E-state index in [-0.39, 0.29) is 17.7 Å². The number of hydrogen-bond acceptors (Lipinski definition) is 4. The Morgan fingerprint density at radius 3 is 2.24 bits per heavy atom. The first-order valence-corrected chi connectivity index (χ1v) is 13.0. The Morgan fingerprint density at radius 1 is 0.881 bits per heavy atom. The lowest BCUT2D eigenvalue weighted by molar-refractivity contribution is -0.144. The largest absolute Gasteiger partial charge is 0.467 e. The van der Waals surface area contributed by atoms with Crippen LogP contribution in [0, 0.1) is 0 Å². The molecule has 0 bridgehead atoms. The third kappa shape index (κ3) is 5.95. The average molecular weight is 571 g/mol. The van der Waals surface area contributed by atoms with Gasteiger partial charge in [-0.3, -0.25) is 14.2 Å². The highest BCUT2D eigenvalue weighted by Crippen LogP contribution is 2.31. The molecular formula is C33H25F3N2O4. The molecule has 1 amide bonds. The summed E-state index contributed by atoms with van der Waals surface area (Å²) in [4.78, 5) is 40.0. The molecule has 0 aliphatic carbocycles. The number of alkyl halides is 3. The number of carbonyl (C=O) groups is 2. The number of rotatable bonds is 7. The number of ether oxygens (including phenoxy) is 1. The molecule has 0 fully saturated rings. The third-order valence-electron chi connectivity index (χ3n) is 6.95. The van der Waals surface area contributed by atoms with Gasteiger partial charge in [0, 0.05) is 23.7 Å². The fraction of sp³-hybridized carbons (Fsp3) is 0.121. The molecule has 1 heterocycles. The van der Waals surface area contributed by atoms with Gasteiger partial charge in [-0.1, -0.05) is 72.8 Å². The number of nitrogens with zero attached hydrogens (tertiary/aromatic N) is 1. The Morgan fingerprint density at radius 2 is 1.55 bits per heavy atom. The van der Waals surface area contributed by atoms with Crippen LogP contribution in [0.1, 0.15) is 27.5 Å². The topological polar surface area (TPSA) is 77.4 Å². The summed E-state index contributed by atoms with van der Waals surface area (Å²) in [6.07, 6.45) is -2.86. The smallest absolute Gasteiger partial charge is 0.416 e. The lowest BCUT2D eigenvalue weighted by atomic mass is 9.98. The van der Waals surface area contributed by atoms with Crippen LogP contribution in [0.2, 0.25) is 0 Å². The number of pyridine rings is 1. The number of fused-ring (bicyclic) bond motifs is 1. The zero-order valence-electron chi connectivity index (χ0n) is 22.4. The summed E-state index contributed by atoms with van der Waals surface area (Å²) in [5.41, 5.74) is 0.273. The van der Waals surface area contributed by atoms with Gasteiger partial charge < -0.3 is 10.1 Å². The molecule has 1 unspecified atom stereocenters. The Hall–Kier alpha value is -5.18. The van der Waals surface area contributed by atoms with E-state index in [2.05, 4.69) is 5.32 Å². The van der Waals surface area contributed by atoms with Crippen LogP contribution in [0.4, 0.5) is 18.9 Å². The minimum Gasteiger partial charge on any atom is -0.467 e. The summed E-state index contributed by atoms with van der Waals surface area (Å²) in [6, 6.07) is 26.5. The van der Waals surface area contributed by atoms with Gasteiger partial charge in [-0.25, -0.2) is 4.79 Å². The number of carbonyl (C=O) groups excluding carboxylic acids is 2. The van der Waals surface area contributed by atoms with Crippen molar-refractivity contribution >= 4 is 28.3 Å². The van der Waals surface area contributed by atoms with Crippen LogP contribution < -0.4 is 10.9 Å². The fourth-order valence-corrected chi connectivity index (χ4v) is 4.82. The molecule has 1 atom stereocenters. The number of esters is 1. The van der Waals surface area contributed by atoms with E-state index in [4.69, 9.17) is 4.74 Å². The van der Waals surface area contributed by atoms with Gasteiger partial charge in [0.2, 0.25) is 0 Å². The number of halogens is 3. The number of amides is 1. The molecule has 6 nitrogen and oxygen atoms in total. The van der Waals surface area contributed by atoms with Crippen LogP contribution in [0.5, 0.6) is 0 Å². The van der Waals surface area contributed by atoms with Crippen molar-refractivity contribution in [1.29, 1.82) is 0 Å². The summed E-state index contributed by atoms with van der Waals surface area (Å²) in [5, 5.41) is 4.37. The maximum Gasteiger partial charge on any atom is 0.416 e. The molecule has 1 N–H and O–H groups in total. The van der Waals surface area contributed by atoms with Crippen LogP contribution in [0.3, 0.4) is 0 Å². The lowest BCUT2D eigenvalue weighted by Crippen LogP contribution is -2.34. The van der Waals surface area contributed by atoms with Crippen molar-refractivity contribution in [2.75, 3.05) is 12.4 Å². The molecule has 5 rings (SSSR count). The molecule has 42 heavy (non-hydrogen) atoms. The lowest BCUT2D eigenvalue weighted by Gasteiger charge is -2.21. The predicted octanol–water partition coefficient (Wildman–Crippen LogP) is 6.90. The molecule has 4 aromatic carbocycles. The van der Waals surface area contributed by atoms with Crippen molar-refractivity contribution in [1.82, 2.24) is 4.57 Å². The SMILES string of the molecule is COC(=O)C(Cc1ccccc1)n1cc(-c2cccc3ccccc23)cc(NC(=O)c2ccc(C(F)(F)F)cc2)c1=O. The first-order chi connectivity index (χ1) is 20.2. The van der Waals surface area contributed by atoms with Crippen molar-refractivity contribution in [3.8, 4) is 11.1 Å². The highest BCUT2D eigenvalue weighted by molar-refractivity contribution is 6.05. The number of hydrogen-bond donors (Lipinski definition) is 1. The highest BCUT2D eigenvalue weighted by atomic mass is 19.4. The molecule has 0 aliphatic heterocycles. The van der Waals surface area contributed by atoms with Gasteiger partial charge in [-0.2, -0.15) is 13.2 Å². The van der Waals surface area contributed by atoms with Gasteiger partial charge >= 0.3 is 12.1 Å². The van der Waals surface area contributed by atoms with Gasteiger partial charge in [-0.05, 0) is 52.2 Å². The molecule has 0 spiro atoms. The normalized spacial score (nSPS) is 12.1. The molecule has 212 valence electrons. The molecule has 0 saturated carbocycles. The molecule has 0 saturated heterocycles. The van der Waals surface area contributed by atoms with Gasteiger partial charge in [0.25, 0.3) is 11.5 Å². The highest BCUT2D eigenvalue weighted by Gasteiger charge is 2.30. The summed E-state index contributed by atoms with van der Waals surface area (Å²) >= 11 is 0. The van der Waals surface area contributed by atoms with Gasteiger partial charge in [0.05, 0.1) is 12.7 Å². The number of benzene rings is 4. The number of nitrogens with one attached hydrogen (secondary N) is 1. The Bertz CT molecular complexity index is 1810. The van der Waals surface area contributed by atoms with Crippen LogP contribution in [0.15, 0.2) is 114 Å². The second-order valence-corrected chi connectivity index (χ2v) is 9.64. The van der Waals surface area contributed by atoms with Crippen LogP contribution in [0.25, 0.3) is 21.9 Å². The Kier molecular flexibility index (Phi) is 7.93. The molecule has 0 radical (unpaired) electrons. The number of methoxy groups -OCH3 is 1. The van der Waals surface area contributed by atoms with E-state index in [0.29, 0.717) is 5.56 Å². The quantitative estimate of drug-likeness (QED) is 0.216. The van der Waals surface area contributed by atoms with Crippen molar-refractivity contribution in [2.45, 2.75) is 18.6 Å². The number of aromatic nitrogens is 1. The van der Waals surface area contributed by atoms with Gasteiger partial charge in [0.15, 0.2) is 0 Å². The van der Waals surface area contributed by atoms with Gasteiger partial charge in [0.1, 0.15) is 11.7 Å². The zero-order chi connectivity index (χ0) is 29.9. The van der Waals surface area contributed by atoms with Crippen molar-refractivity contribution in [2.24, 2.45) is 0 Å². The van der Waals surface area contributed by atoms with Crippen molar-refractivity contribution in [3.05, 3.63) is 136 Å². The van der Waals surface area contributed by atoms with E-state index in [0.717, 1.165) is 46.2 Å². The Balaban J connectivity index is 1.64. The maximum absolute atomic E-state index is 13.8. The van der Waals surface area contributed by atoms with E-state index in [1.165, 1.54) is 17.7 Å². The fourth-order valence-electron chi connectivity index (χ4n) is 4.82. The number of anilines is 1. The summed E-state index contributed by atoms with van der Waals surface area (Å²) in [6.45, 7) is 0. The van der Waals surface area contributed by atoms with Crippen molar-refractivity contribution < 1.29 is 27.5 Å². The average Bonchev–Trinajstić information content (AvgIpc) is 3.00.